The van der Waals surface area contributed by atoms with Crippen molar-refractivity contribution in [2.24, 2.45) is 0 Å². The van der Waals surface area contributed by atoms with Crippen LogP contribution in [0, 0.1) is 0 Å². The maximum atomic E-state index is 11.9. The summed E-state index contributed by atoms with van der Waals surface area (Å²) in [7, 11) is 1.65. The highest BCUT2D eigenvalue weighted by molar-refractivity contribution is 5.75. The highest BCUT2D eigenvalue weighted by atomic mass is 16.5. The van der Waals surface area contributed by atoms with E-state index in [9.17, 15) is 4.79 Å². The molecular weight excluding hydrogens is 382 g/mol. The molecule has 0 saturated heterocycles. The molecule has 3 nitrogen and oxygen atoms in total. The minimum absolute atomic E-state index is 0.103. The molecule has 31 heavy (non-hydrogen) atoms. The van der Waals surface area contributed by atoms with E-state index in [1.807, 2.05) is 24.3 Å². The largest absolute Gasteiger partial charge is 0.497 e. The van der Waals surface area contributed by atoms with Gasteiger partial charge in [0, 0.05) is 13.0 Å². The molecule has 0 spiro atoms. The van der Waals surface area contributed by atoms with Crippen LogP contribution in [0.1, 0.15) is 76.7 Å². The number of allylic oxidation sites excluding steroid dienone is 8. The molecule has 1 aromatic carbocycles. The standard InChI is InChI=1S/C28H41NO2/c1-3-4-5-6-7-8-9-10-11-12-13-14-15-16-17-18-19-20-28(30)29-25-26-21-23-27(31-2)24-22-26/h7-8,10-11,13-14,16-17,21-24H,3-6,9,12,15,18-20,25H2,1-2H3,(H,29,30)/b8-7-,11-10-,14-13-,17-16-. The molecule has 0 heterocycles. The average molecular weight is 424 g/mol. The number of nitrogens with one attached hydrogen (secondary N) is 1. The van der Waals surface area contributed by atoms with Crippen molar-refractivity contribution < 1.29 is 9.53 Å². The zero-order valence-electron chi connectivity index (χ0n) is 19.5. The lowest BCUT2D eigenvalue weighted by Crippen LogP contribution is -2.22. The third-order valence-corrected chi connectivity index (χ3v) is 4.88. The van der Waals surface area contributed by atoms with Crippen molar-refractivity contribution in [1.82, 2.24) is 5.32 Å². The van der Waals surface area contributed by atoms with Gasteiger partial charge in [0.2, 0.25) is 5.91 Å². The summed E-state index contributed by atoms with van der Waals surface area (Å²) in [6.45, 7) is 2.80. The molecular formula is C28H41NO2. The molecule has 0 bridgehead atoms. The fourth-order valence-corrected chi connectivity index (χ4v) is 2.97. The Bertz CT molecular complexity index is 683. The van der Waals surface area contributed by atoms with Crippen LogP contribution in [0.25, 0.3) is 0 Å². The lowest BCUT2D eigenvalue weighted by atomic mass is 10.2. The third kappa shape index (κ3) is 15.9. The maximum Gasteiger partial charge on any atom is 0.220 e. The molecule has 0 aliphatic rings. The van der Waals surface area contributed by atoms with Crippen LogP contribution in [0.2, 0.25) is 0 Å². The topological polar surface area (TPSA) is 38.3 Å². The molecule has 0 aromatic heterocycles. The Morgan fingerprint density at radius 3 is 1.90 bits per heavy atom. The number of rotatable bonds is 17. The van der Waals surface area contributed by atoms with Gasteiger partial charge in [0.15, 0.2) is 0 Å². The molecule has 0 aliphatic carbocycles. The Hall–Kier alpha value is -2.55. The zero-order chi connectivity index (χ0) is 22.4. The molecule has 0 saturated carbocycles. The smallest absolute Gasteiger partial charge is 0.220 e. The van der Waals surface area contributed by atoms with Crippen LogP contribution in [-0.4, -0.2) is 13.0 Å². The van der Waals surface area contributed by atoms with E-state index in [1.54, 1.807) is 7.11 Å². The predicted molar refractivity (Wildman–Crippen MR) is 133 cm³/mol. The summed E-state index contributed by atoms with van der Waals surface area (Å²) < 4.78 is 5.13. The Labute approximate surface area is 190 Å². The molecule has 0 atom stereocenters. The fraction of sp³-hybridized carbons (Fsp3) is 0.464. The lowest BCUT2D eigenvalue weighted by molar-refractivity contribution is -0.121. The molecule has 1 aromatic rings. The third-order valence-electron chi connectivity index (χ3n) is 4.88. The monoisotopic (exact) mass is 423 g/mol. The molecule has 0 aliphatic heterocycles. The molecule has 170 valence electrons. The Morgan fingerprint density at radius 2 is 1.35 bits per heavy atom. The number of benzene rings is 1. The Kier molecular flexibility index (Phi) is 16.6. The van der Waals surface area contributed by atoms with Crippen LogP contribution in [0.4, 0.5) is 0 Å². The first-order chi connectivity index (χ1) is 15.3. The van der Waals surface area contributed by atoms with Gasteiger partial charge < -0.3 is 10.1 Å². The molecule has 3 heteroatoms. The summed E-state index contributed by atoms with van der Waals surface area (Å²) in [6, 6.07) is 7.76. The lowest BCUT2D eigenvalue weighted by Gasteiger charge is -2.06. The van der Waals surface area contributed by atoms with E-state index in [0.717, 1.165) is 43.4 Å². The van der Waals surface area contributed by atoms with Crippen LogP contribution in [-0.2, 0) is 11.3 Å². The Balaban J connectivity index is 1.98. The normalized spacial score (nSPS) is 11.9. The second-order valence-corrected chi connectivity index (χ2v) is 7.61. The summed E-state index contributed by atoms with van der Waals surface area (Å²) in [4.78, 5) is 11.9. The summed E-state index contributed by atoms with van der Waals surface area (Å²) >= 11 is 0. The van der Waals surface area contributed by atoms with Crippen molar-refractivity contribution in [3.05, 3.63) is 78.4 Å². The van der Waals surface area contributed by atoms with E-state index in [0.29, 0.717) is 13.0 Å². The number of hydrogen-bond donors (Lipinski definition) is 1. The van der Waals surface area contributed by atoms with Crippen molar-refractivity contribution in [2.75, 3.05) is 7.11 Å². The minimum Gasteiger partial charge on any atom is -0.497 e. The first-order valence-electron chi connectivity index (χ1n) is 11.8. The van der Waals surface area contributed by atoms with Crippen LogP contribution in [0.3, 0.4) is 0 Å². The molecule has 1 amide bonds. The highest BCUT2D eigenvalue weighted by Gasteiger charge is 2.00. The molecule has 1 N–H and O–H groups in total. The molecule has 0 radical (unpaired) electrons. The highest BCUT2D eigenvalue weighted by Crippen LogP contribution is 2.11. The van der Waals surface area contributed by atoms with Gasteiger partial charge in [-0.3, -0.25) is 4.79 Å². The van der Waals surface area contributed by atoms with Gasteiger partial charge in [0.1, 0.15) is 5.75 Å². The van der Waals surface area contributed by atoms with E-state index < -0.39 is 0 Å². The van der Waals surface area contributed by atoms with Crippen molar-refractivity contribution >= 4 is 5.91 Å². The maximum absolute atomic E-state index is 11.9. The van der Waals surface area contributed by atoms with Gasteiger partial charge in [0.25, 0.3) is 0 Å². The summed E-state index contributed by atoms with van der Waals surface area (Å²) in [5.74, 6) is 0.931. The van der Waals surface area contributed by atoms with E-state index >= 15 is 0 Å². The fourth-order valence-electron chi connectivity index (χ4n) is 2.97. The number of ether oxygens (including phenoxy) is 1. The van der Waals surface area contributed by atoms with Gasteiger partial charge >= 0.3 is 0 Å². The van der Waals surface area contributed by atoms with Gasteiger partial charge in [-0.05, 0) is 62.6 Å². The van der Waals surface area contributed by atoms with E-state index in [-0.39, 0.29) is 5.91 Å². The molecule has 1 rings (SSSR count). The average Bonchev–Trinajstić information content (AvgIpc) is 2.80. The first kappa shape index (κ1) is 26.5. The molecule has 0 unspecified atom stereocenters. The van der Waals surface area contributed by atoms with Crippen LogP contribution in [0.5, 0.6) is 5.75 Å². The van der Waals surface area contributed by atoms with Gasteiger partial charge in [0.05, 0.1) is 7.11 Å². The first-order valence-corrected chi connectivity index (χ1v) is 11.8. The SMILES string of the molecule is CCCCC/C=C\C/C=C\C/C=C\C/C=C\CCCC(=O)NCc1ccc(OC)cc1. The minimum atomic E-state index is 0.103. The van der Waals surface area contributed by atoms with Gasteiger partial charge in [-0.15, -0.1) is 0 Å². The number of amides is 1. The van der Waals surface area contributed by atoms with Gasteiger partial charge in [-0.25, -0.2) is 0 Å². The number of unbranched alkanes of at least 4 members (excludes halogenated alkanes) is 4. The zero-order valence-corrected chi connectivity index (χ0v) is 19.5. The van der Waals surface area contributed by atoms with Gasteiger partial charge in [-0.1, -0.05) is 80.5 Å². The van der Waals surface area contributed by atoms with Crippen molar-refractivity contribution in [1.29, 1.82) is 0 Å². The van der Waals surface area contributed by atoms with E-state index in [4.69, 9.17) is 4.74 Å². The van der Waals surface area contributed by atoms with Crippen LogP contribution < -0.4 is 10.1 Å². The van der Waals surface area contributed by atoms with Crippen LogP contribution >= 0.6 is 0 Å². The Morgan fingerprint density at radius 1 is 0.806 bits per heavy atom. The number of carbonyl (C=O) groups is 1. The van der Waals surface area contributed by atoms with Crippen molar-refractivity contribution in [2.45, 2.75) is 77.7 Å². The van der Waals surface area contributed by atoms with E-state index in [1.165, 1.54) is 25.7 Å². The summed E-state index contributed by atoms with van der Waals surface area (Å²) in [5.41, 5.74) is 1.08. The summed E-state index contributed by atoms with van der Waals surface area (Å²) in [5, 5.41) is 2.97. The predicted octanol–water partition coefficient (Wildman–Crippen LogP) is 7.46. The second kappa shape index (κ2) is 19.4. The molecule has 0 fully saturated rings. The van der Waals surface area contributed by atoms with Crippen LogP contribution in [0.15, 0.2) is 72.9 Å². The number of carbonyl (C=O) groups excluding carboxylic acids is 1. The quantitative estimate of drug-likeness (QED) is 0.209. The van der Waals surface area contributed by atoms with Crippen molar-refractivity contribution in [3.8, 4) is 5.75 Å². The number of methoxy groups -OCH3 is 1. The number of hydrogen-bond acceptors (Lipinski definition) is 2. The van der Waals surface area contributed by atoms with Gasteiger partial charge in [-0.2, -0.15) is 0 Å². The second-order valence-electron chi connectivity index (χ2n) is 7.61. The van der Waals surface area contributed by atoms with E-state index in [2.05, 4.69) is 60.8 Å². The summed E-state index contributed by atoms with van der Waals surface area (Å²) in [6.07, 6.45) is 28.3. The van der Waals surface area contributed by atoms with Crippen molar-refractivity contribution in [3.63, 3.8) is 0 Å².